The van der Waals surface area contributed by atoms with Gasteiger partial charge in [-0.05, 0) is 51.4 Å². The van der Waals surface area contributed by atoms with Gasteiger partial charge in [0.2, 0.25) is 0 Å². The summed E-state index contributed by atoms with van der Waals surface area (Å²) in [6.07, 6.45) is 0. The zero-order valence-electron chi connectivity index (χ0n) is 17.8. The summed E-state index contributed by atoms with van der Waals surface area (Å²) in [7, 11) is 3.92. The second-order valence-corrected chi connectivity index (χ2v) is 7.73. The van der Waals surface area contributed by atoms with E-state index < -0.39 is 0 Å². The Morgan fingerprint density at radius 1 is 0.935 bits per heavy atom. The number of benzene rings is 3. The van der Waals surface area contributed by atoms with Gasteiger partial charge < -0.3 is 15.0 Å². The lowest BCUT2D eigenvalue weighted by molar-refractivity contribution is -0.118. The number of ketones is 1. The number of aromatic nitrogens is 2. The minimum atomic E-state index is -0.174. The number of hydrogen-bond acceptors (Lipinski definition) is 6. The Labute approximate surface area is 180 Å². The lowest BCUT2D eigenvalue weighted by Crippen LogP contribution is -2.31. The summed E-state index contributed by atoms with van der Waals surface area (Å²) in [5.41, 5.74) is 3.13. The molecular formula is C24H24N4O3. The van der Waals surface area contributed by atoms with Crippen molar-refractivity contribution in [1.29, 1.82) is 0 Å². The van der Waals surface area contributed by atoms with Crippen molar-refractivity contribution in [2.45, 2.75) is 6.92 Å². The average Bonchev–Trinajstić information content (AvgIpc) is 2.75. The van der Waals surface area contributed by atoms with Gasteiger partial charge in [-0.1, -0.05) is 18.2 Å². The van der Waals surface area contributed by atoms with E-state index in [9.17, 15) is 9.59 Å². The van der Waals surface area contributed by atoms with Crippen molar-refractivity contribution in [1.82, 2.24) is 20.2 Å². The predicted molar refractivity (Wildman–Crippen MR) is 122 cm³/mol. The number of amides is 1. The van der Waals surface area contributed by atoms with Crippen molar-refractivity contribution >= 4 is 44.5 Å². The highest BCUT2D eigenvalue weighted by Crippen LogP contribution is 2.31. The lowest BCUT2D eigenvalue weighted by atomic mass is 10.1. The Morgan fingerprint density at radius 2 is 1.71 bits per heavy atom. The maximum absolute atomic E-state index is 12.8. The molecule has 0 spiro atoms. The van der Waals surface area contributed by atoms with Crippen LogP contribution in [0, 0.1) is 0 Å². The first-order valence-corrected chi connectivity index (χ1v) is 10.1. The molecule has 0 aliphatic rings. The topological polar surface area (TPSA) is 84.4 Å². The minimum Gasteiger partial charge on any atom is -0.485 e. The first kappa shape index (κ1) is 20.7. The molecule has 1 aromatic heterocycles. The van der Waals surface area contributed by atoms with Crippen LogP contribution in [0.1, 0.15) is 17.3 Å². The van der Waals surface area contributed by atoms with E-state index in [0.717, 1.165) is 22.8 Å². The number of para-hydroxylation sites is 1. The van der Waals surface area contributed by atoms with Gasteiger partial charge in [0, 0.05) is 23.9 Å². The molecule has 0 saturated carbocycles. The molecule has 158 valence electrons. The summed E-state index contributed by atoms with van der Waals surface area (Å²) >= 11 is 0. The number of Topliss-reactive ketones (excluding diaryl/α,β-unsaturated/α-hetero) is 1. The van der Waals surface area contributed by atoms with Crippen LogP contribution in [-0.2, 0) is 4.79 Å². The lowest BCUT2D eigenvalue weighted by Gasteiger charge is -2.12. The van der Waals surface area contributed by atoms with Crippen molar-refractivity contribution in [2.75, 3.05) is 33.8 Å². The van der Waals surface area contributed by atoms with E-state index in [1.807, 2.05) is 61.5 Å². The molecule has 4 rings (SSSR count). The van der Waals surface area contributed by atoms with Crippen LogP contribution in [0.15, 0.2) is 48.5 Å². The number of ether oxygens (including phenoxy) is 1. The van der Waals surface area contributed by atoms with Crippen LogP contribution >= 0.6 is 0 Å². The van der Waals surface area contributed by atoms with Gasteiger partial charge in [-0.15, -0.1) is 0 Å². The van der Waals surface area contributed by atoms with Gasteiger partial charge in [-0.3, -0.25) is 9.59 Å². The summed E-state index contributed by atoms with van der Waals surface area (Å²) in [6.45, 7) is 2.79. The fraction of sp³-hybridized carbons (Fsp3) is 0.250. The van der Waals surface area contributed by atoms with E-state index in [1.54, 1.807) is 6.07 Å². The Morgan fingerprint density at radius 3 is 2.48 bits per heavy atom. The zero-order chi connectivity index (χ0) is 22.0. The monoisotopic (exact) mass is 416 g/mol. The number of carbonyl (C=O) groups excluding carboxylic acids is 2. The zero-order valence-corrected chi connectivity index (χ0v) is 17.8. The molecule has 1 N–H and O–H groups in total. The van der Waals surface area contributed by atoms with Crippen molar-refractivity contribution in [3.63, 3.8) is 0 Å². The Bertz CT molecular complexity index is 1300. The van der Waals surface area contributed by atoms with Crippen LogP contribution < -0.4 is 10.1 Å². The number of likely N-dealkylation sites (N-methyl/N-ethyl adjacent to an activating group) is 1. The second-order valence-electron chi connectivity index (χ2n) is 7.73. The fourth-order valence-electron chi connectivity index (χ4n) is 3.47. The van der Waals surface area contributed by atoms with Gasteiger partial charge in [0.05, 0.1) is 22.1 Å². The van der Waals surface area contributed by atoms with Crippen LogP contribution in [0.4, 0.5) is 0 Å². The first-order valence-electron chi connectivity index (χ1n) is 10.1. The molecule has 0 unspecified atom stereocenters. The van der Waals surface area contributed by atoms with E-state index in [4.69, 9.17) is 14.7 Å². The highest BCUT2D eigenvalue weighted by atomic mass is 16.5. The molecule has 0 fully saturated rings. The largest absolute Gasteiger partial charge is 0.485 e. The van der Waals surface area contributed by atoms with Crippen LogP contribution in [-0.4, -0.2) is 60.4 Å². The normalized spacial score (nSPS) is 11.4. The van der Waals surface area contributed by atoms with Crippen LogP contribution in [0.5, 0.6) is 5.75 Å². The molecule has 0 atom stereocenters. The summed E-state index contributed by atoms with van der Waals surface area (Å²) in [5.74, 6) is 0.395. The Kier molecular flexibility index (Phi) is 5.77. The molecule has 0 aliphatic heterocycles. The highest BCUT2D eigenvalue weighted by molar-refractivity contribution is 6.11. The smallest absolute Gasteiger partial charge is 0.253 e. The number of nitrogens with one attached hydrogen (secondary N) is 1. The van der Waals surface area contributed by atoms with Crippen LogP contribution in [0.3, 0.4) is 0 Å². The molecule has 31 heavy (non-hydrogen) atoms. The van der Waals surface area contributed by atoms with E-state index in [0.29, 0.717) is 34.4 Å². The van der Waals surface area contributed by atoms with Gasteiger partial charge in [-0.25, -0.2) is 9.97 Å². The van der Waals surface area contributed by atoms with Gasteiger partial charge in [0.15, 0.2) is 5.78 Å². The SMILES string of the molecule is CC(=O)COc1cccc2c1ccc1nc3cccc(C(=O)NCCN(C)C)c3nc12. The summed E-state index contributed by atoms with van der Waals surface area (Å²) in [4.78, 5) is 35.7. The number of nitrogens with zero attached hydrogens (tertiary/aromatic N) is 3. The third-order valence-electron chi connectivity index (χ3n) is 4.97. The van der Waals surface area contributed by atoms with E-state index >= 15 is 0 Å². The van der Waals surface area contributed by atoms with E-state index in [1.165, 1.54) is 6.92 Å². The van der Waals surface area contributed by atoms with Crippen molar-refractivity contribution < 1.29 is 14.3 Å². The van der Waals surface area contributed by atoms with Crippen LogP contribution in [0.2, 0.25) is 0 Å². The maximum atomic E-state index is 12.8. The van der Waals surface area contributed by atoms with Gasteiger partial charge in [-0.2, -0.15) is 0 Å². The molecule has 7 nitrogen and oxygen atoms in total. The highest BCUT2D eigenvalue weighted by Gasteiger charge is 2.15. The molecule has 3 aromatic carbocycles. The molecule has 1 heterocycles. The number of fused-ring (bicyclic) bond motifs is 4. The van der Waals surface area contributed by atoms with Gasteiger partial charge >= 0.3 is 0 Å². The van der Waals surface area contributed by atoms with Gasteiger partial charge in [0.25, 0.3) is 5.91 Å². The maximum Gasteiger partial charge on any atom is 0.253 e. The van der Waals surface area contributed by atoms with E-state index in [-0.39, 0.29) is 18.3 Å². The summed E-state index contributed by atoms with van der Waals surface area (Å²) in [5, 5.41) is 4.65. The molecule has 0 saturated heterocycles. The van der Waals surface area contributed by atoms with E-state index in [2.05, 4.69) is 5.32 Å². The number of hydrogen-bond donors (Lipinski definition) is 1. The molecular weight excluding hydrogens is 392 g/mol. The molecule has 1 amide bonds. The number of carbonyl (C=O) groups is 2. The summed E-state index contributed by atoms with van der Waals surface area (Å²) in [6, 6.07) is 14.9. The third kappa shape index (κ3) is 4.32. The van der Waals surface area contributed by atoms with Crippen molar-refractivity contribution in [3.05, 3.63) is 54.1 Å². The quantitative estimate of drug-likeness (QED) is 0.368. The van der Waals surface area contributed by atoms with Gasteiger partial charge in [0.1, 0.15) is 17.9 Å². The number of rotatable bonds is 7. The summed E-state index contributed by atoms with van der Waals surface area (Å²) < 4.78 is 5.68. The predicted octanol–water partition coefficient (Wildman–Crippen LogP) is 3.20. The molecule has 7 heteroatoms. The standard InChI is InChI=1S/C24H24N4O3/c1-15(29)14-31-21-9-5-6-17-16(21)10-11-20-22(17)27-23-18(7-4-8-19(23)26-20)24(30)25-12-13-28(2)3/h4-11H,12-14H2,1-3H3,(H,25,30). The molecule has 0 bridgehead atoms. The fourth-order valence-corrected chi connectivity index (χ4v) is 3.47. The molecule has 0 aliphatic carbocycles. The third-order valence-corrected chi connectivity index (χ3v) is 4.97. The Hall–Kier alpha value is -3.58. The second kappa shape index (κ2) is 8.65. The molecule has 0 radical (unpaired) electrons. The van der Waals surface area contributed by atoms with Crippen LogP contribution in [0.25, 0.3) is 32.8 Å². The van der Waals surface area contributed by atoms with Crippen molar-refractivity contribution in [3.8, 4) is 5.75 Å². The van der Waals surface area contributed by atoms with Crippen molar-refractivity contribution in [2.24, 2.45) is 0 Å². The first-order chi connectivity index (χ1) is 14.9. The minimum absolute atomic E-state index is 0.0117. The average molecular weight is 416 g/mol. The Balaban J connectivity index is 1.82. The molecule has 4 aromatic rings.